The first-order valence-electron chi connectivity index (χ1n) is 10.4. The molecule has 1 aliphatic rings. The Balaban J connectivity index is 1.71. The van der Waals surface area contributed by atoms with Crippen molar-refractivity contribution in [1.82, 2.24) is 14.5 Å². The third-order valence-corrected chi connectivity index (χ3v) is 5.66. The lowest BCUT2D eigenvalue weighted by molar-refractivity contribution is -0.136. The molecule has 0 aliphatic carbocycles. The molecule has 2 aromatic heterocycles. The number of halogens is 4. The zero-order valence-electron chi connectivity index (χ0n) is 17.7. The Labute approximate surface area is 190 Å². The van der Waals surface area contributed by atoms with Crippen LogP contribution in [0.3, 0.4) is 0 Å². The number of alkyl halides is 4. The number of benzene rings is 2. The Bertz CT molecular complexity index is 1480. The number of fused-ring (bicyclic) bond motifs is 2. The van der Waals surface area contributed by atoms with E-state index in [9.17, 15) is 22.4 Å². The fraction of sp³-hybridized carbons (Fsp3) is 0.167. The summed E-state index contributed by atoms with van der Waals surface area (Å²) in [5.74, 6) is 0.393. The molecular weight excluding hydrogens is 450 g/mol. The van der Waals surface area contributed by atoms with Gasteiger partial charge >= 0.3 is 6.18 Å². The summed E-state index contributed by atoms with van der Waals surface area (Å²) in [6, 6.07) is 12.9. The highest BCUT2D eigenvalue weighted by atomic mass is 19.4. The van der Waals surface area contributed by atoms with Crippen LogP contribution in [-0.2, 0) is 6.18 Å². The van der Waals surface area contributed by atoms with Crippen molar-refractivity contribution < 1.29 is 17.6 Å². The van der Waals surface area contributed by atoms with E-state index < -0.39 is 34.9 Å². The highest BCUT2D eigenvalue weighted by molar-refractivity contribution is 5.86. The number of nitrogens with zero attached hydrogens (tertiary/aromatic N) is 4. The molecule has 0 spiro atoms. The van der Waals surface area contributed by atoms with Crippen molar-refractivity contribution in [3.8, 4) is 5.69 Å². The van der Waals surface area contributed by atoms with Gasteiger partial charge < -0.3 is 5.32 Å². The molecule has 3 heterocycles. The summed E-state index contributed by atoms with van der Waals surface area (Å²) in [5.41, 5.74) is -0.861. The van der Waals surface area contributed by atoms with Crippen LogP contribution in [0.4, 0.5) is 29.2 Å². The van der Waals surface area contributed by atoms with Gasteiger partial charge in [-0.25, -0.2) is 19.4 Å². The van der Waals surface area contributed by atoms with Gasteiger partial charge in [0.2, 0.25) is 0 Å². The number of aliphatic imine (C=N–C) groups is 1. The minimum Gasteiger partial charge on any atom is -0.362 e. The Morgan fingerprint density at radius 2 is 1.82 bits per heavy atom. The van der Waals surface area contributed by atoms with Gasteiger partial charge in [-0.3, -0.25) is 9.36 Å². The summed E-state index contributed by atoms with van der Waals surface area (Å²) >= 11 is 0. The number of hydrogen-bond donors (Lipinski definition) is 1. The standard InChI is InChI=1S/C24H17F4N5O/c1-13(32-22-20-17(25)11-29-21(20)30-12-31-22)18-10-14-6-5-9-16(24(26,27)28)19(14)23(34)33(18)15-7-3-2-4-8-15/h2-13,17H,1H3,(H,30,31,32)/t13-,17?/m0/s1. The molecule has 1 aliphatic heterocycles. The molecule has 5 rings (SSSR count). The number of nitrogens with one attached hydrogen (secondary N) is 1. The predicted molar refractivity (Wildman–Crippen MR) is 121 cm³/mol. The normalized spacial score (nSPS) is 16.0. The quantitative estimate of drug-likeness (QED) is 0.391. The second-order valence-corrected chi connectivity index (χ2v) is 7.82. The van der Waals surface area contributed by atoms with E-state index in [0.717, 1.165) is 12.3 Å². The first-order chi connectivity index (χ1) is 16.3. The predicted octanol–water partition coefficient (Wildman–Crippen LogP) is 5.70. The average Bonchev–Trinajstić information content (AvgIpc) is 3.20. The molecule has 2 atom stereocenters. The third-order valence-electron chi connectivity index (χ3n) is 5.66. The van der Waals surface area contributed by atoms with Gasteiger partial charge in [-0.15, -0.1) is 0 Å². The van der Waals surface area contributed by atoms with E-state index in [1.807, 2.05) is 0 Å². The van der Waals surface area contributed by atoms with Crippen LogP contribution in [0.15, 0.2) is 70.7 Å². The monoisotopic (exact) mass is 467 g/mol. The SMILES string of the molecule is C[C@H](Nc1ncnc2c1C(F)C=N2)c1cc2cccc(C(F)(F)F)c2c(=O)n1-c1ccccc1. The molecule has 6 nitrogen and oxygen atoms in total. The van der Waals surface area contributed by atoms with Crippen LogP contribution in [0.2, 0.25) is 0 Å². The van der Waals surface area contributed by atoms with Gasteiger partial charge in [0.05, 0.1) is 22.6 Å². The minimum absolute atomic E-state index is 0.148. The Morgan fingerprint density at radius 3 is 2.56 bits per heavy atom. The first kappa shape index (κ1) is 21.7. The zero-order valence-corrected chi connectivity index (χ0v) is 17.7. The maximum absolute atomic E-state index is 14.4. The summed E-state index contributed by atoms with van der Waals surface area (Å²) in [5, 5.41) is 2.81. The molecule has 1 N–H and O–H groups in total. The van der Waals surface area contributed by atoms with Gasteiger partial charge in [-0.1, -0.05) is 30.3 Å². The fourth-order valence-corrected chi connectivity index (χ4v) is 4.13. The van der Waals surface area contributed by atoms with E-state index in [0.29, 0.717) is 11.4 Å². The van der Waals surface area contributed by atoms with Crippen LogP contribution in [0.5, 0.6) is 0 Å². The molecule has 4 aromatic rings. The van der Waals surface area contributed by atoms with E-state index in [2.05, 4.69) is 20.3 Å². The van der Waals surface area contributed by atoms with Crippen LogP contribution in [0.25, 0.3) is 16.5 Å². The molecule has 34 heavy (non-hydrogen) atoms. The lowest BCUT2D eigenvalue weighted by Gasteiger charge is -2.23. The summed E-state index contributed by atoms with van der Waals surface area (Å²) < 4.78 is 56.8. The van der Waals surface area contributed by atoms with Crippen LogP contribution in [-0.4, -0.2) is 20.7 Å². The minimum atomic E-state index is -4.70. The number of aromatic nitrogens is 3. The highest BCUT2D eigenvalue weighted by Gasteiger charge is 2.34. The molecule has 0 saturated heterocycles. The van der Waals surface area contributed by atoms with Crippen LogP contribution in [0, 0.1) is 0 Å². The first-order valence-corrected chi connectivity index (χ1v) is 10.4. The Morgan fingerprint density at radius 1 is 1.06 bits per heavy atom. The van der Waals surface area contributed by atoms with Crippen LogP contribution < -0.4 is 10.9 Å². The maximum atomic E-state index is 14.4. The van der Waals surface area contributed by atoms with Gasteiger partial charge in [0.15, 0.2) is 12.0 Å². The van der Waals surface area contributed by atoms with Crippen LogP contribution in [0.1, 0.15) is 36.0 Å². The fourth-order valence-electron chi connectivity index (χ4n) is 4.13. The summed E-state index contributed by atoms with van der Waals surface area (Å²) in [6.45, 7) is 1.71. The molecule has 10 heteroatoms. The van der Waals surface area contributed by atoms with Crippen molar-refractivity contribution in [2.75, 3.05) is 5.32 Å². The molecule has 0 amide bonds. The van der Waals surface area contributed by atoms with E-state index in [-0.39, 0.29) is 22.6 Å². The molecule has 0 saturated carbocycles. The smallest absolute Gasteiger partial charge is 0.362 e. The number of pyridine rings is 1. The highest BCUT2D eigenvalue weighted by Crippen LogP contribution is 2.38. The second-order valence-electron chi connectivity index (χ2n) is 7.82. The van der Waals surface area contributed by atoms with Crippen molar-refractivity contribution in [2.45, 2.75) is 25.3 Å². The molecule has 1 unspecified atom stereocenters. The Kier molecular flexibility index (Phi) is 5.15. The largest absolute Gasteiger partial charge is 0.417 e. The van der Waals surface area contributed by atoms with Crippen molar-refractivity contribution in [3.63, 3.8) is 0 Å². The van der Waals surface area contributed by atoms with E-state index in [4.69, 9.17) is 0 Å². The second kappa shape index (κ2) is 8.05. The van der Waals surface area contributed by atoms with Crippen molar-refractivity contribution in [1.29, 1.82) is 0 Å². The van der Waals surface area contributed by atoms with E-state index in [1.54, 1.807) is 37.3 Å². The van der Waals surface area contributed by atoms with Gasteiger partial charge in [0.25, 0.3) is 5.56 Å². The molecule has 0 fully saturated rings. The van der Waals surface area contributed by atoms with Gasteiger partial charge in [0.1, 0.15) is 12.1 Å². The summed E-state index contributed by atoms with van der Waals surface area (Å²) in [4.78, 5) is 25.5. The number of para-hydroxylation sites is 1. The number of rotatable bonds is 4. The maximum Gasteiger partial charge on any atom is 0.417 e. The van der Waals surface area contributed by atoms with Gasteiger partial charge in [-0.05, 0) is 36.6 Å². The molecule has 0 radical (unpaired) electrons. The summed E-state index contributed by atoms with van der Waals surface area (Å²) in [6.07, 6.45) is -3.84. The third kappa shape index (κ3) is 3.60. The van der Waals surface area contributed by atoms with E-state index >= 15 is 0 Å². The van der Waals surface area contributed by atoms with Crippen LogP contribution >= 0.6 is 0 Å². The zero-order chi connectivity index (χ0) is 24.0. The lowest BCUT2D eigenvalue weighted by atomic mass is 10.0. The molecule has 2 aromatic carbocycles. The number of anilines is 1. The average molecular weight is 467 g/mol. The van der Waals surface area contributed by atoms with Gasteiger partial charge in [0, 0.05) is 17.6 Å². The number of hydrogen-bond acceptors (Lipinski definition) is 5. The van der Waals surface area contributed by atoms with Crippen molar-refractivity contribution >= 4 is 28.6 Å². The molecule has 172 valence electrons. The van der Waals surface area contributed by atoms with Gasteiger partial charge in [-0.2, -0.15) is 13.2 Å². The Hall–Kier alpha value is -4.08. The topological polar surface area (TPSA) is 72.2 Å². The molecular formula is C24H17F4N5O. The van der Waals surface area contributed by atoms with E-state index in [1.165, 1.54) is 29.1 Å². The molecule has 0 bridgehead atoms. The van der Waals surface area contributed by atoms with Crippen molar-refractivity contribution in [3.05, 3.63) is 88.1 Å². The summed E-state index contributed by atoms with van der Waals surface area (Å²) in [7, 11) is 0. The lowest BCUT2D eigenvalue weighted by Crippen LogP contribution is -2.27. The van der Waals surface area contributed by atoms with Crippen molar-refractivity contribution in [2.24, 2.45) is 4.99 Å².